The molecule has 1 aromatic rings. The van der Waals surface area contributed by atoms with Crippen molar-refractivity contribution in [3.05, 3.63) is 29.3 Å². The summed E-state index contributed by atoms with van der Waals surface area (Å²) in [7, 11) is 1.70. The zero-order chi connectivity index (χ0) is 13.8. The Morgan fingerprint density at radius 3 is 2.89 bits per heavy atom. The van der Waals surface area contributed by atoms with Crippen LogP contribution in [0, 0.1) is 6.92 Å². The molecule has 2 rings (SSSR count). The fourth-order valence-corrected chi connectivity index (χ4v) is 2.64. The highest BCUT2D eigenvalue weighted by Gasteiger charge is 2.25. The van der Waals surface area contributed by atoms with Gasteiger partial charge in [0.05, 0.1) is 25.9 Å². The summed E-state index contributed by atoms with van der Waals surface area (Å²) in [5.74, 6) is 0.922. The van der Waals surface area contributed by atoms with Crippen LogP contribution in [-0.4, -0.2) is 49.0 Å². The first-order valence-corrected chi connectivity index (χ1v) is 6.74. The van der Waals surface area contributed by atoms with Gasteiger partial charge in [-0.3, -0.25) is 4.90 Å². The average Bonchev–Trinajstić information content (AvgIpc) is 2.38. The minimum Gasteiger partial charge on any atom is -0.496 e. The van der Waals surface area contributed by atoms with Gasteiger partial charge in [0.1, 0.15) is 5.75 Å². The summed E-state index contributed by atoms with van der Waals surface area (Å²) in [5.41, 5.74) is 2.42. The predicted octanol–water partition coefficient (Wildman–Crippen LogP) is 1.59. The van der Waals surface area contributed by atoms with Crippen LogP contribution in [0.3, 0.4) is 0 Å². The van der Waals surface area contributed by atoms with Gasteiger partial charge in [-0.25, -0.2) is 0 Å². The second-order valence-corrected chi connectivity index (χ2v) is 5.26. The third kappa shape index (κ3) is 3.69. The number of hydrogen-bond donors (Lipinski definition) is 1. The molecule has 0 spiro atoms. The summed E-state index contributed by atoms with van der Waals surface area (Å²) in [6.45, 7) is 6.68. The van der Waals surface area contributed by atoms with Crippen molar-refractivity contribution in [1.82, 2.24) is 4.90 Å². The van der Waals surface area contributed by atoms with Crippen molar-refractivity contribution in [3.63, 3.8) is 0 Å². The van der Waals surface area contributed by atoms with Gasteiger partial charge >= 0.3 is 0 Å². The van der Waals surface area contributed by atoms with Crippen LogP contribution in [0.1, 0.15) is 18.1 Å². The molecule has 0 aliphatic carbocycles. The van der Waals surface area contributed by atoms with Gasteiger partial charge in [-0.1, -0.05) is 17.7 Å². The fraction of sp³-hybridized carbons (Fsp3) is 0.600. The van der Waals surface area contributed by atoms with Crippen molar-refractivity contribution in [1.29, 1.82) is 0 Å². The molecule has 0 radical (unpaired) electrons. The normalized spacial score (nSPS) is 24.4. The Balaban J connectivity index is 2.09. The summed E-state index contributed by atoms with van der Waals surface area (Å²) < 4.78 is 11.1. The number of nitrogens with zero attached hydrogens (tertiary/aromatic N) is 1. The summed E-state index contributed by atoms with van der Waals surface area (Å²) in [6, 6.07) is 6.23. The molecule has 1 heterocycles. The molecule has 4 heteroatoms. The Hall–Kier alpha value is -1.10. The van der Waals surface area contributed by atoms with Crippen LogP contribution in [0.25, 0.3) is 0 Å². The highest BCUT2D eigenvalue weighted by molar-refractivity contribution is 5.36. The lowest BCUT2D eigenvalue weighted by Crippen LogP contribution is -2.47. The molecule has 19 heavy (non-hydrogen) atoms. The van der Waals surface area contributed by atoms with Gasteiger partial charge in [-0.2, -0.15) is 0 Å². The maximum absolute atomic E-state index is 9.26. The van der Waals surface area contributed by atoms with Crippen molar-refractivity contribution in [2.24, 2.45) is 0 Å². The minimum atomic E-state index is -0.0837. The fourth-order valence-electron chi connectivity index (χ4n) is 2.64. The van der Waals surface area contributed by atoms with E-state index >= 15 is 0 Å². The summed E-state index contributed by atoms with van der Waals surface area (Å²) in [4.78, 5) is 2.31. The van der Waals surface area contributed by atoms with E-state index in [-0.39, 0.29) is 18.8 Å². The van der Waals surface area contributed by atoms with Crippen molar-refractivity contribution >= 4 is 0 Å². The maximum Gasteiger partial charge on any atom is 0.123 e. The lowest BCUT2D eigenvalue weighted by atomic mass is 10.1. The smallest absolute Gasteiger partial charge is 0.123 e. The highest BCUT2D eigenvalue weighted by Crippen LogP contribution is 2.23. The Labute approximate surface area is 114 Å². The molecule has 106 valence electrons. The van der Waals surface area contributed by atoms with E-state index in [2.05, 4.69) is 24.0 Å². The standard InChI is InChI=1S/C15H23NO3/c1-11-4-5-15(18-3)13(6-11)8-16-7-12(2)19-14(9-16)10-17/h4-6,12,14,17H,7-10H2,1-3H3. The van der Waals surface area contributed by atoms with Crippen molar-refractivity contribution in [2.75, 3.05) is 26.8 Å². The van der Waals surface area contributed by atoms with Crippen molar-refractivity contribution in [2.45, 2.75) is 32.6 Å². The van der Waals surface area contributed by atoms with Gasteiger partial charge in [0.25, 0.3) is 0 Å². The molecule has 0 aromatic heterocycles. The number of benzene rings is 1. The Kier molecular flexibility index (Phi) is 4.80. The van der Waals surface area contributed by atoms with Crippen LogP contribution >= 0.6 is 0 Å². The zero-order valence-corrected chi connectivity index (χ0v) is 11.9. The molecule has 4 nitrogen and oxygen atoms in total. The van der Waals surface area contributed by atoms with E-state index in [4.69, 9.17) is 9.47 Å². The topological polar surface area (TPSA) is 41.9 Å². The van der Waals surface area contributed by atoms with E-state index < -0.39 is 0 Å². The molecular formula is C15H23NO3. The minimum absolute atomic E-state index is 0.0752. The van der Waals surface area contributed by atoms with E-state index in [9.17, 15) is 5.11 Å². The highest BCUT2D eigenvalue weighted by atomic mass is 16.5. The lowest BCUT2D eigenvalue weighted by Gasteiger charge is -2.36. The summed E-state index contributed by atoms with van der Waals surface area (Å²) >= 11 is 0. The number of methoxy groups -OCH3 is 1. The summed E-state index contributed by atoms with van der Waals surface area (Å²) in [5, 5.41) is 9.26. The average molecular weight is 265 g/mol. The largest absolute Gasteiger partial charge is 0.496 e. The number of aryl methyl sites for hydroxylation is 1. The van der Waals surface area contributed by atoms with Gasteiger partial charge in [0.2, 0.25) is 0 Å². The van der Waals surface area contributed by atoms with Gasteiger partial charge < -0.3 is 14.6 Å². The van der Waals surface area contributed by atoms with Crippen molar-refractivity contribution < 1.29 is 14.6 Å². The SMILES string of the molecule is COc1ccc(C)cc1CN1CC(C)OC(CO)C1. The molecule has 0 amide bonds. The van der Waals surface area contributed by atoms with Gasteiger partial charge in [0.15, 0.2) is 0 Å². The Morgan fingerprint density at radius 2 is 2.21 bits per heavy atom. The zero-order valence-electron chi connectivity index (χ0n) is 11.9. The van der Waals surface area contributed by atoms with Crippen LogP contribution in [0.4, 0.5) is 0 Å². The Bertz CT molecular complexity index is 422. The molecule has 0 bridgehead atoms. The third-order valence-electron chi connectivity index (χ3n) is 3.44. The second-order valence-electron chi connectivity index (χ2n) is 5.26. The molecule has 2 atom stereocenters. The van der Waals surface area contributed by atoms with Crippen LogP contribution < -0.4 is 4.74 Å². The molecule has 1 fully saturated rings. The first kappa shape index (κ1) is 14.3. The van der Waals surface area contributed by atoms with E-state index in [1.165, 1.54) is 11.1 Å². The van der Waals surface area contributed by atoms with Gasteiger partial charge in [0, 0.05) is 25.2 Å². The van der Waals surface area contributed by atoms with Crippen LogP contribution in [-0.2, 0) is 11.3 Å². The van der Waals surface area contributed by atoms with Crippen LogP contribution in [0.5, 0.6) is 5.75 Å². The lowest BCUT2D eigenvalue weighted by molar-refractivity contribution is -0.0973. The van der Waals surface area contributed by atoms with E-state index in [1.54, 1.807) is 7.11 Å². The third-order valence-corrected chi connectivity index (χ3v) is 3.44. The number of morpholine rings is 1. The van der Waals surface area contributed by atoms with Crippen LogP contribution in [0.2, 0.25) is 0 Å². The maximum atomic E-state index is 9.26. The van der Waals surface area contributed by atoms with E-state index in [0.717, 1.165) is 25.4 Å². The van der Waals surface area contributed by atoms with Crippen LogP contribution in [0.15, 0.2) is 18.2 Å². The number of aliphatic hydroxyl groups excluding tert-OH is 1. The number of aliphatic hydroxyl groups is 1. The molecular weight excluding hydrogens is 242 g/mol. The van der Waals surface area contributed by atoms with Gasteiger partial charge in [-0.05, 0) is 19.9 Å². The summed E-state index contributed by atoms with van der Waals surface area (Å²) in [6.07, 6.45) is 0.0706. The molecule has 1 aromatic carbocycles. The van der Waals surface area contributed by atoms with Crippen molar-refractivity contribution in [3.8, 4) is 5.75 Å². The molecule has 1 saturated heterocycles. The molecule has 1 aliphatic heterocycles. The first-order chi connectivity index (χ1) is 9.12. The Morgan fingerprint density at radius 1 is 1.42 bits per heavy atom. The van der Waals surface area contributed by atoms with E-state index in [0.29, 0.717) is 0 Å². The van der Waals surface area contributed by atoms with Gasteiger partial charge in [-0.15, -0.1) is 0 Å². The number of rotatable bonds is 4. The number of hydrogen-bond acceptors (Lipinski definition) is 4. The monoisotopic (exact) mass is 265 g/mol. The molecule has 2 unspecified atom stereocenters. The predicted molar refractivity (Wildman–Crippen MR) is 74.4 cm³/mol. The molecule has 1 aliphatic rings. The first-order valence-electron chi connectivity index (χ1n) is 6.74. The molecule has 1 N–H and O–H groups in total. The van der Waals surface area contributed by atoms with E-state index in [1.807, 2.05) is 13.0 Å². The second kappa shape index (κ2) is 6.37. The quantitative estimate of drug-likeness (QED) is 0.897. The molecule has 0 saturated carbocycles. The number of ether oxygens (including phenoxy) is 2.